The molecule has 0 fully saturated rings. The van der Waals surface area contributed by atoms with Crippen LogP contribution in [0.1, 0.15) is 18.4 Å². The summed E-state index contributed by atoms with van der Waals surface area (Å²) in [7, 11) is 0. The molecule has 0 aliphatic rings. The molecule has 0 unspecified atom stereocenters. The Morgan fingerprint density at radius 2 is 2.42 bits per heavy atom. The fourth-order valence-corrected chi connectivity index (χ4v) is 0.726. The summed E-state index contributed by atoms with van der Waals surface area (Å²) in [6.07, 6.45) is 1.43. The summed E-state index contributed by atoms with van der Waals surface area (Å²) in [4.78, 5) is 10.4. The van der Waals surface area contributed by atoms with Crippen molar-refractivity contribution >= 4 is 12.0 Å². The van der Waals surface area contributed by atoms with Crippen molar-refractivity contribution in [2.24, 2.45) is 0 Å². The molecular weight excluding hydrogens is 158 g/mol. The molecule has 1 rings (SSSR count). The van der Waals surface area contributed by atoms with E-state index in [1.807, 2.05) is 0 Å². The summed E-state index contributed by atoms with van der Waals surface area (Å²) in [5.41, 5.74) is 0.964. The minimum Gasteiger partial charge on any atom is -0.478 e. The quantitative estimate of drug-likeness (QED) is 0.677. The van der Waals surface area contributed by atoms with Gasteiger partial charge in [0.15, 0.2) is 5.76 Å². The van der Waals surface area contributed by atoms with Crippen LogP contribution < -0.4 is 0 Å². The van der Waals surface area contributed by atoms with Crippen LogP contribution in [-0.2, 0) is 4.79 Å². The van der Waals surface area contributed by atoms with Gasteiger partial charge in [-0.15, -0.1) is 0 Å². The van der Waals surface area contributed by atoms with E-state index in [1.165, 1.54) is 13.0 Å². The first-order valence-electron chi connectivity index (χ1n) is 3.44. The average Bonchev–Trinajstić information content (AvgIpc) is 2.35. The van der Waals surface area contributed by atoms with Gasteiger partial charge in [-0.2, -0.15) is 0 Å². The van der Waals surface area contributed by atoms with Crippen molar-refractivity contribution in [3.63, 3.8) is 0 Å². The minimum atomic E-state index is -0.955. The van der Waals surface area contributed by atoms with Crippen LogP contribution in [0.15, 0.2) is 16.2 Å². The third-order valence-corrected chi connectivity index (χ3v) is 1.34. The van der Waals surface area contributed by atoms with Gasteiger partial charge in [0.1, 0.15) is 0 Å². The van der Waals surface area contributed by atoms with Crippen LogP contribution in [0.25, 0.3) is 6.08 Å². The largest absolute Gasteiger partial charge is 0.478 e. The van der Waals surface area contributed by atoms with Gasteiger partial charge in [0, 0.05) is 11.6 Å². The molecule has 1 aromatic rings. The number of carbonyl (C=O) groups is 1. The van der Waals surface area contributed by atoms with E-state index in [-0.39, 0.29) is 5.57 Å². The number of nitrogens with zero attached hydrogens (tertiary/aromatic N) is 1. The molecule has 0 aromatic carbocycles. The summed E-state index contributed by atoms with van der Waals surface area (Å²) >= 11 is 0. The topological polar surface area (TPSA) is 63.3 Å². The molecule has 64 valence electrons. The Bertz CT molecular complexity index is 325. The second kappa shape index (κ2) is 3.21. The van der Waals surface area contributed by atoms with Crippen LogP contribution in [0.4, 0.5) is 0 Å². The average molecular weight is 167 g/mol. The van der Waals surface area contributed by atoms with E-state index in [1.54, 1.807) is 13.0 Å². The summed E-state index contributed by atoms with van der Waals surface area (Å²) in [6.45, 7) is 3.27. The molecule has 1 heterocycles. The molecule has 1 N–H and O–H groups in total. The van der Waals surface area contributed by atoms with E-state index in [0.29, 0.717) is 5.76 Å². The third kappa shape index (κ3) is 1.95. The molecule has 0 aliphatic heterocycles. The fraction of sp³-hybridized carbons (Fsp3) is 0.250. The zero-order valence-electron chi connectivity index (χ0n) is 6.87. The number of carboxylic acids is 1. The Morgan fingerprint density at radius 3 is 2.83 bits per heavy atom. The van der Waals surface area contributed by atoms with Gasteiger partial charge >= 0.3 is 5.97 Å². The first-order chi connectivity index (χ1) is 5.59. The number of hydrogen-bond acceptors (Lipinski definition) is 3. The van der Waals surface area contributed by atoms with Gasteiger partial charge in [-0.1, -0.05) is 5.16 Å². The van der Waals surface area contributed by atoms with E-state index in [0.717, 1.165) is 5.69 Å². The highest BCUT2D eigenvalue weighted by molar-refractivity contribution is 5.90. The van der Waals surface area contributed by atoms with E-state index < -0.39 is 5.97 Å². The van der Waals surface area contributed by atoms with Gasteiger partial charge in [0.25, 0.3) is 0 Å². The number of rotatable bonds is 2. The first-order valence-corrected chi connectivity index (χ1v) is 3.44. The Morgan fingerprint density at radius 1 is 1.75 bits per heavy atom. The Kier molecular flexibility index (Phi) is 2.28. The molecule has 0 saturated carbocycles. The predicted molar refractivity (Wildman–Crippen MR) is 42.5 cm³/mol. The van der Waals surface area contributed by atoms with E-state index in [2.05, 4.69) is 5.16 Å². The van der Waals surface area contributed by atoms with E-state index >= 15 is 0 Å². The summed E-state index contributed by atoms with van der Waals surface area (Å²) in [5.74, 6) is -0.489. The van der Waals surface area contributed by atoms with Gasteiger partial charge in [0.2, 0.25) is 0 Å². The lowest BCUT2D eigenvalue weighted by molar-refractivity contribution is -0.132. The molecule has 12 heavy (non-hydrogen) atoms. The first kappa shape index (κ1) is 8.52. The molecule has 0 aliphatic carbocycles. The molecule has 4 heteroatoms. The molecule has 0 spiro atoms. The van der Waals surface area contributed by atoms with Crippen molar-refractivity contribution in [1.82, 2.24) is 5.16 Å². The molecular formula is C8H9NO3. The van der Waals surface area contributed by atoms with Crippen LogP contribution in [0.5, 0.6) is 0 Å². The second-order valence-corrected chi connectivity index (χ2v) is 2.50. The van der Waals surface area contributed by atoms with Crippen LogP contribution in [0.3, 0.4) is 0 Å². The maximum absolute atomic E-state index is 10.4. The summed E-state index contributed by atoms with van der Waals surface area (Å²) in [5, 5.41) is 12.1. The van der Waals surface area contributed by atoms with Crippen LogP contribution in [0.2, 0.25) is 0 Å². The maximum atomic E-state index is 10.4. The van der Waals surface area contributed by atoms with Crippen molar-refractivity contribution in [2.45, 2.75) is 13.8 Å². The Labute approximate surface area is 69.5 Å². The Balaban J connectivity index is 2.87. The monoisotopic (exact) mass is 167 g/mol. The zero-order valence-corrected chi connectivity index (χ0v) is 6.87. The molecule has 0 saturated heterocycles. The third-order valence-electron chi connectivity index (χ3n) is 1.34. The van der Waals surface area contributed by atoms with Crippen molar-refractivity contribution in [3.05, 3.63) is 23.1 Å². The molecule has 0 atom stereocenters. The summed E-state index contributed by atoms with van der Waals surface area (Å²) < 4.78 is 4.80. The van der Waals surface area contributed by atoms with Gasteiger partial charge in [0.05, 0.1) is 5.69 Å². The fourth-order valence-electron chi connectivity index (χ4n) is 0.726. The second-order valence-electron chi connectivity index (χ2n) is 2.50. The number of aryl methyl sites for hydroxylation is 1. The number of aliphatic carboxylic acids is 1. The maximum Gasteiger partial charge on any atom is 0.331 e. The SMILES string of the molecule is C/C(=C\c1cc(C)no1)C(=O)O. The van der Waals surface area contributed by atoms with Gasteiger partial charge in [-0.3, -0.25) is 0 Å². The van der Waals surface area contributed by atoms with E-state index in [4.69, 9.17) is 9.63 Å². The van der Waals surface area contributed by atoms with Crippen molar-refractivity contribution < 1.29 is 14.4 Å². The van der Waals surface area contributed by atoms with E-state index in [9.17, 15) is 4.79 Å². The lowest BCUT2D eigenvalue weighted by Crippen LogP contribution is -1.94. The minimum absolute atomic E-state index is 0.228. The molecule has 0 amide bonds. The molecule has 0 bridgehead atoms. The zero-order chi connectivity index (χ0) is 9.14. The number of hydrogen-bond donors (Lipinski definition) is 1. The summed E-state index contributed by atoms with van der Waals surface area (Å²) in [6, 6.07) is 1.67. The molecule has 0 radical (unpaired) electrons. The number of carboxylic acid groups (broad SMARTS) is 1. The highest BCUT2D eigenvalue weighted by Crippen LogP contribution is 2.07. The normalized spacial score (nSPS) is 11.7. The van der Waals surface area contributed by atoms with Gasteiger partial charge in [-0.05, 0) is 19.9 Å². The predicted octanol–water partition coefficient (Wildman–Crippen LogP) is 1.47. The smallest absolute Gasteiger partial charge is 0.331 e. The van der Waals surface area contributed by atoms with Crippen molar-refractivity contribution in [3.8, 4) is 0 Å². The highest BCUT2D eigenvalue weighted by Gasteiger charge is 2.02. The van der Waals surface area contributed by atoms with Crippen molar-refractivity contribution in [1.29, 1.82) is 0 Å². The standard InChI is InChI=1S/C8H9NO3/c1-5(8(10)11)3-7-4-6(2)9-12-7/h3-4H,1-2H3,(H,10,11)/b5-3+. The number of aromatic nitrogens is 1. The van der Waals surface area contributed by atoms with Crippen LogP contribution in [0, 0.1) is 6.92 Å². The van der Waals surface area contributed by atoms with Crippen LogP contribution >= 0.6 is 0 Å². The van der Waals surface area contributed by atoms with Crippen LogP contribution in [-0.4, -0.2) is 16.2 Å². The lowest BCUT2D eigenvalue weighted by atomic mass is 10.2. The van der Waals surface area contributed by atoms with Gasteiger partial charge in [-0.25, -0.2) is 4.79 Å². The lowest BCUT2D eigenvalue weighted by Gasteiger charge is -1.87. The van der Waals surface area contributed by atoms with Crippen molar-refractivity contribution in [2.75, 3.05) is 0 Å². The molecule has 1 aromatic heterocycles. The Hall–Kier alpha value is -1.58. The molecule has 4 nitrogen and oxygen atoms in total. The highest BCUT2D eigenvalue weighted by atomic mass is 16.5. The van der Waals surface area contributed by atoms with Gasteiger partial charge < -0.3 is 9.63 Å².